The SMILES string of the molecule is CC(C)(C)OC(=O)N[C@]1(C(=O)OCc2ccc([N+](=O)[O-])cc2)C[C@H]1c1ccc(F)cc1. The van der Waals surface area contributed by atoms with E-state index in [2.05, 4.69) is 5.32 Å². The van der Waals surface area contributed by atoms with Crippen molar-refractivity contribution in [1.82, 2.24) is 5.32 Å². The van der Waals surface area contributed by atoms with E-state index in [0.717, 1.165) is 0 Å². The highest BCUT2D eigenvalue weighted by atomic mass is 19.1. The van der Waals surface area contributed by atoms with Crippen LogP contribution in [-0.4, -0.2) is 28.1 Å². The van der Waals surface area contributed by atoms with Crippen molar-refractivity contribution in [3.05, 3.63) is 75.6 Å². The van der Waals surface area contributed by atoms with E-state index in [1.165, 1.54) is 36.4 Å². The molecule has 2 aromatic rings. The topological polar surface area (TPSA) is 108 Å². The number of halogens is 1. The van der Waals surface area contributed by atoms with Gasteiger partial charge in [-0.05, 0) is 62.6 Å². The third kappa shape index (κ3) is 5.36. The molecule has 31 heavy (non-hydrogen) atoms. The second-order valence-corrected chi connectivity index (χ2v) is 8.41. The van der Waals surface area contributed by atoms with Gasteiger partial charge in [-0.25, -0.2) is 14.0 Å². The number of nitrogens with one attached hydrogen (secondary N) is 1. The molecule has 0 heterocycles. The standard InChI is InChI=1S/C22H23FN2O6/c1-21(2,3)31-20(27)24-22(12-18(22)15-6-8-16(23)9-7-15)19(26)30-13-14-4-10-17(11-5-14)25(28)29/h4-11,18H,12-13H2,1-3H3,(H,24,27)/t18-,22+/m0/s1. The average Bonchev–Trinajstić information content (AvgIpc) is 3.40. The van der Waals surface area contributed by atoms with Gasteiger partial charge >= 0.3 is 12.1 Å². The molecule has 8 nitrogen and oxygen atoms in total. The van der Waals surface area contributed by atoms with Crippen LogP contribution in [0.2, 0.25) is 0 Å². The first kappa shape index (κ1) is 22.2. The minimum atomic E-state index is -1.33. The highest BCUT2D eigenvalue weighted by Crippen LogP contribution is 2.52. The van der Waals surface area contributed by atoms with Gasteiger partial charge in [0.2, 0.25) is 0 Å². The molecule has 0 aromatic heterocycles. The summed E-state index contributed by atoms with van der Waals surface area (Å²) >= 11 is 0. The molecule has 3 rings (SSSR count). The van der Waals surface area contributed by atoms with Gasteiger partial charge in [0.25, 0.3) is 5.69 Å². The maximum atomic E-state index is 13.3. The minimum absolute atomic E-state index is 0.0725. The zero-order valence-electron chi connectivity index (χ0n) is 17.4. The van der Waals surface area contributed by atoms with Crippen molar-refractivity contribution in [3.8, 4) is 0 Å². The number of carbonyl (C=O) groups excluding carboxylic acids is 2. The zero-order valence-corrected chi connectivity index (χ0v) is 17.4. The predicted molar refractivity (Wildman–Crippen MR) is 109 cm³/mol. The highest BCUT2D eigenvalue weighted by Gasteiger charge is 2.63. The number of hydrogen-bond acceptors (Lipinski definition) is 6. The maximum Gasteiger partial charge on any atom is 0.408 e. The molecule has 1 N–H and O–H groups in total. The van der Waals surface area contributed by atoms with E-state index in [0.29, 0.717) is 11.1 Å². The summed E-state index contributed by atoms with van der Waals surface area (Å²) in [5.74, 6) is -1.47. The second-order valence-electron chi connectivity index (χ2n) is 8.41. The van der Waals surface area contributed by atoms with Crippen LogP contribution < -0.4 is 5.32 Å². The Bertz CT molecular complexity index is 985. The van der Waals surface area contributed by atoms with Crippen LogP contribution in [0, 0.1) is 15.9 Å². The van der Waals surface area contributed by atoms with Crippen molar-refractivity contribution in [2.45, 2.75) is 50.9 Å². The molecular weight excluding hydrogens is 407 g/mol. The minimum Gasteiger partial charge on any atom is -0.459 e. The molecule has 1 saturated carbocycles. The molecule has 0 bridgehead atoms. The number of hydrogen-bond donors (Lipinski definition) is 1. The van der Waals surface area contributed by atoms with Crippen molar-refractivity contribution < 1.29 is 28.4 Å². The fraction of sp³-hybridized carbons (Fsp3) is 0.364. The van der Waals surface area contributed by atoms with Gasteiger partial charge in [-0.15, -0.1) is 0 Å². The van der Waals surface area contributed by atoms with Crippen molar-refractivity contribution in [2.24, 2.45) is 0 Å². The summed E-state index contributed by atoms with van der Waals surface area (Å²) < 4.78 is 24.0. The van der Waals surface area contributed by atoms with Crippen molar-refractivity contribution in [3.63, 3.8) is 0 Å². The molecule has 0 aliphatic heterocycles. The van der Waals surface area contributed by atoms with Crippen LogP contribution in [-0.2, 0) is 20.9 Å². The molecule has 0 unspecified atom stereocenters. The Hall–Kier alpha value is -3.49. The van der Waals surface area contributed by atoms with Crippen LogP contribution in [0.3, 0.4) is 0 Å². The van der Waals surface area contributed by atoms with E-state index >= 15 is 0 Å². The second kappa shape index (κ2) is 8.33. The summed E-state index contributed by atoms with van der Waals surface area (Å²) in [6, 6.07) is 11.3. The molecule has 1 aliphatic carbocycles. The molecule has 0 saturated heterocycles. The normalized spacial score (nSPS) is 19.9. The first-order valence-corrected chi connectivity index (χ1v) is 9.67. The third-order valence-corrected chi connectivity index (χ3v) is 4.84. The molecule has 9 heteroatoms. The first-order valence-electron chi connectivity index (χ1n) is 9.67. The number of alkyl carbamates (subject to hydrolysis) is 1. The van der Waals surface area contributed by atoms with Crippen LogP contribution in [0.25, 0.3) is 0 Å². The Morgan fingerprint density at radius 1 is 1.16 bits per heavy atom. The third-order valence-electron chi connectivity index (χ3n) is 4.84. The Morgan fingerprint density at radius 3 is 2.32 bits per heavy atom. The summed E-state index contributed by atoms with van der Waals surface area (Å²) in [7, 11) is 0. The van der Waals surface area contributed by atoms with Crippen LogP contribution in [0.1, 0.15) is 44.2 Å². The number of benzene rings is 2. The Morgan fingerprint density at radius 2 is 1.77 bits per heavy atom. The van der Waals surface area contributed by atoms with Crippen LogP contribution in [0.15, 0.2) is 48.5 Å². The number of esters is 1. The van der Waals surface area contributed by atoms with Crippen molar-refractivity contribution in [1.29, 1.82) is 0 Å². The molecule has 2 aromatic carbocycles. The van der Waals surface area contributed by atoms with Gasteiger partial charge in [0.15, 0.2) is 0 Å². The lowest BCUT2D eigenvalue weighted by Crippen LogP contribution is -2.47. The fourth-order valence-corrected chi connectivity index (χ4v) is 3.25. The van der Waals surface area contributed by atoms with E-state index < -0.39 is 39.9 Å². The molecule has 164 valence electrons. The summed E-state index contributed by atoms with van der Waals surface area (Å²) in [6.45, 7) is 4.99. The quantitative estimate of drug-likeness (QED) is 0.417. The molecule has 0 radical (unpaired) electrons. The van der Waals surface area contributed by atoms with Crippen LogP contribution >= 0.6 is 0 Å². The molecule has 0 spiro atoms. The number of carbonyl (C=O) groups is 2. The van der Waals surface area contributed by atoms with E-state index in [4.69, 9.17) is 9.47 Å². The lowest BCUT2D eigenvalue weighted by atomic mass is 10.1. The van der Waals surface area contributed by atoms with Gasteiger partial charge < -0.3 is 14.8 Å². The lowest BCUT2D eigenvalue weighted by molar-refractivity contribution is -0.384. The van der Waals surface area contributed by atoms with E-state index in [9.17, 15) is 24.1 Å². The number of non-ortho nitro benzene ring substituents is 1. The molecular formula is C22H23FN2O6. The van der Waals surface area contributed by atoms with Gasteiger partial charge in [0.05, 0.1) is 4.92 Å². The van der Waals surface area contributed by atoms with Gasteiger partial charge in [0.1, 0.15) is 23.6 Å². The number of amides is 1. The molecule has 1 aliphatic rings. The Balaban J connectivity index is 1.74. The monoisotopic (exact) mass is 430 g/mol. The summed E-state index contributed by atoms with van der Waals surface area (Å²) in [4.78, 5) is 35.5. The largest absolute Gasteiger partial charge is 0.459 e. The van der Waals surface area contributed by atoms with Gasteiger partial charge in [0, 0.05) is 18.1 Å². The lowest BCUT2D eigenvalue weighted by Gasteiger charge is -2.23. The summed E-state index contributed by atoms with van der Waals surface area (Å²) in [5.41, 5.74) is -0.915. The Labute approximate surface area is 178 Å². The Kier molecular flexibility index (Phi) is 5.97. The molecule has 1 fully saturated rings. The van der Waals surface area contributed by atoms with Gasteiger partial charge in [-0.3, -0.25) is 10.1 Å². The molecule has 1 amide bonds. The highest BCUT2D eigenvalue weighted by molar-refractivity contribution is 5.91. The number of rotatable bonds is 6. The first-order chi connectivity index (χ1) is 14.5. The number of nitrogens with zero attached hydrogens (tertiary/aromatic N) is 1. The summed E-state index contributed by atoms with van der Waals surface area (Å²) in [6.07, 6.45) is -0.485. The van der Waals surface area contributed by atoms with Gasteiger partial charge in [-0.1, -0.05) is 12.1 Å². The van der Waals surface area contributed by atoms with E-state index in [1.807, 2.05) is 0 Å². The van der Waals surface area contributed by atoms with Gasteiger partial charge in [-0.2, -0.15) is 0 Å². The van der Waals surface area contributed by atoms with Crippen LogP contribution in [0.4, 0.5) is 14.9 Å². The predicted octanol–water partition coefficient (Wildman–Crippen LogP) is 4.23. The maximum absolute atomic E-state index is 13.3. The van der Waals surface area contributed by atoms with Crippen molar-refractivity contribution in [2.75, 3.05) is 0 Å². The average molecular weight is 430 g/mol. The van der Waals surface area contributed by atoms with Crippen LogP contribution in [0.5, 0.6) is 0 Å². The van der Waals surface area contributed by atoms with E-state index in [-0.39, 0.29) is 18.7 Å². The smallest absolute Gasteiger partial charge is 0.408 e. The fourth-order valence-electron chi connectivity index (χ4n) is 3.25. The zero-order chi connectivity index (χ0) is 22.8. The van der Waals surface area contributed by atoms with Crippen molar-refractivity contribution >= 4 is 17.7 Å². The van der Waals surface area contributed by atoms with E-state index in [1.54, 1.807) is 32.9 Å². The summed E-state index contributed by atoms with van der Waals surface area (Å²) in [5, 5.41) is 13.4. The number of ether oxygens (including phenoxy) is 2. The number of nitro groups is 1. The molecule has 2 atom stereocenters. The number of nitro benzene ring substituents is 1.